The Balaban J connectivity index is -0.000000242. The molecule has 0 saturated carbocycles. The van der Waals surface area contributed by atoms with Crippen molar-refractivity contribution < 1.29 is 47.1 Å². The molecule has 0 aliphatic heterocycles. The molecule has 0 amide bonds. The molecular weight excluding hydrogens is 239 g/mol. The summed E-state index contributed by atoms with van der Waals surface area (Å²) in [5, 5.41) is 0. The van der Waals surface area contributed by atoms with E-state index in [0.29, 0.717) is 0 Å². The van der Waals surface area contributed by atoms with Crippen LogP contribution >= 0.6 is 0 Å². The molecule has 16 heavy (non-hydrogen) atoms. The molecule has 94 valence electrons. The summed E-state index contributed by atoms with van der Waals surface area (Å²) < 4.78 is 31.6. The minimum Gasteiger partial charge on any atom is -0.343 e. The zero-order valence-electron chi connectivity index (χ0n) is 10.6. The zero-order chi connectivity index (χ0) is 12.3. The molecule has 0 aliphatic rings. The fourth-order valence-corrected chi connectivity index (χ4v) is 1.08. The number of rotatable bonds is 6. The van der Waals surface area contributed by atoms with Crippen LogP contribution in [0.4, 0.5) is 0 Å². The first-order valence-corrected chi connectivity index (χ1v) is 6.66. The molecule has 6 heteroatoms. The van der Waals surface area contributed by atoms with Crippen LogP contribution in [0.25, 0.3) is 0 Å². The predicted octanol–water partition coefficient (Wildman–Crippen LogP) is 0.168. The molecule has 0 bridgehead atoms. The van der Waals surface area contributed by atoms with Crippen molar-refractivity contribution >= 4 is 10.4 Å². The molecule has 0 aromatic carbocycles. The van der Waals surface area contributed by atoms with Crippen molar-refractivity contribution in [2.24, 2.45) is 5.92 Å². The fraction of sp³-hybridized carbons (Fsp3) is 0.900. The van der Waals surface area contributed by atoms with Gasteiger partial charge in [-0.05, 0) is 5.92 Å². The van der Waals surface area contributed by atoms with Crippen molar-refractivity contribution in [2.75, 3.05) is 0 Å². The second-order valence-corrected chi connectivity index (χ2v) is 4.79. The van der Waals surface area contributed by atoms with Gasteiger partial charge < -0.3 is 6.92 Å². The van der Waals surface area contributed by atoms with Crippen molar-refractivity contribution in [3.63, 3.8) is 0 Å². The molecule has 4 nitrogen and oxygen atoms in total. The monoisotopic (exact) mass is 262 g/mol. The van der Waals surface area contributed by atoms with Crippen LogP contribution in [-0.2, 0) is 10.4 Å². The molecule has 0 heterocycles. The summed E-state index contributed by atoms with van der Waals surface area (Å²) in [7, 11) is -4.67. The van der Waals surface area contributed by atoms with Crippen molar-refractivity contribution in [3.05, 3.63) is 6.92 Å². The average Bonchev–Trinajstić information content (AvgIpc) is 2.00. The van der Waals surface area contributed by atoms with E-state index in [4.69, 9.17) is 17.5 Å². The summed E-state index contributed by atoms with van der Waals surface area (Å²) in [6, 6.07) is 0. The van der Waals surface area contributed by atoms with E-state index in [-0.39, 0.29) is 29.6 Å². The van der Waals surface area contributed by atoms with Gasteiger partial charge in [0.15, 0.2) is 0 Å². The third kappa shape index (κ3) is 46.2. The van der Waals surface area contributed by atoms with E-state index < -0.39 is 10.4 Å². The number of hydrogen-bond acceptors (Lipinski definition) is 2. The van der Waals surface area contributed by atoms with Gasteiger partial charge in [-0.1, -0.05) is 46.0 Å². The molecule has 0 atom stereocenters. The number of unbranched alkanes of at least 4 members (excludes halogenated alkanes) is 4. The summed E-state index contributed by atoms with van der Waals surface area (Å²) >= 11 is 0. The Morgan fingerprint density at radius 1 is 1.06 bits per heavy atom. The molecule has 0 aromatic heterocycles. The molecule has 0 fully saturated rings. The second kappa shape index (κ2) is 13.9. The van der Waals surface area contributed by atoms with Crippen molar-refractivity contribution in [1.29, 1.82) is 0 Å². The van der Waals surface area contributed by atoms with Gasteiger partial charge in [-0.2, -0.15) is 14.8 Å². The minimum absolute atomic E-state index is 0. The van der Waals surface area contributed by atoms with E-state index in [2.05, 4.69) is 20.8 Å². The van der Waals surface area contributed by atoms with Gasteiger partial charge in [0.1, 0.15) is 0 Å². The van der Waals surface area contributed by atoms with Crippen LogP contribution in [0.15, 0.2) is 0 Å². The third-order valence-corrected chi connectivity index (χ3v) is 1.78. The maximum atomic E-state index is 8.74. The Morgan fingerprint density at radius 2 is 1.44 bits per heavy atom. The molecule has 2 N–H and O–H groups in total. The molecule has 0 spiro atoms. The van der Waals surface area contributed by atoms with Crippen LogP contribution in [0.1, 0.15) is 52.4 Å². The maximum absolute atomic E-state index is 8.74. The van der Waals surface area contributed by atoms with E-state index in [1.54, 1.807) is 0 Å². The van der Waals surface area contributed by atoms with E-state index in [1.807, 2.05) is 0 Å². The Bertz CT molecular complexity index is 207. The molecule has 0 saturated heterocycles. The largest absolute Gasteiger partial charge is 1.00 e. The summed E-state index contributed by atoms with van der Waals surface area (Å²) in [5.74, 6) is 0.889. The first-order valence-electron chi connectivity index (χ1n) is 5.26. The van der Waals surface area contributed by atoms with E-state index in [9.17, 15) is 0 Å². The Hall–Kier alpha value is 0.870. The van der Waals surface area contributed by atoms with Crippen LogP contribution < -0.4 is 29.6 Å². The predicted molar refractivity (Wildman–Crippen MR) is 62.1 cm³/mol. The van der Waals surface area contributed by atoms with Gasteiger partial charge in [-0.25, -0.2) is 0 Å². The van der Waals surface area contributed by atoms with Crippen molar-refractivity contribution in [1.82, 2.24) is 0 Å². The van der Waals surface area contributed by atoms with E-state index in [1.165, 1.54) is 32.1 Å². The molecule has 0 aliphatic carbocycles. The van der Waals surface area contributed by atoms with Crippen molar-refractivity contribution in [3.8, 4) is 0 Å². The molecule has 0 radical (unpaired) electrons. The summed E-state index contributed by atoms with van der Waals surface area (Å²) in [4.78, 5) is 0. The molecule has 0 aromatic rings. The molecular formula is C10H23NaO4S. The quantitative estimate of drug-likeness (QED) is 0.310. The van der Waals surface area contributed by atoms with Crippen LogP contribution in [0.2, 0.25) is 0 Å². The van der Waals surface area contributed by atoms with Gasteiger partial charge >= 0.3 is 40.0 Å². The Kier molecular flexibility index (Phi) is 19.2. The summed E-state index contributed by atoms with van der Waals surface area (Å²) in [6.07, 6.45) is 8.04. The summed E-state index contributed by atoms with van der Waals surface area (Å²) in [6.45, 7) is 8.40. The normalized spacial score (nSPS) is 10.4. The first-order chi connectivity index (χ1) is 6.77. The number of hydrogen-bond donors (Lipinski definition) is 2. The topological polar surface area (TPSA) is 74.6 Å². The summed E-state index contributed by atoms with van der Waals surface area (Å²) in [5.41, 5.74) is 0. The minimum atomic E-state index is -4.67. The zero-order valence-corrected chi connectivity index (χ0v) is 13.5. The Labute approximate surface area is 122 Å². The Morgan fingerprint density at radius 3 is 1.75 bits per heavy atom. The van der Waals surface area contributed by atoms with Crippen molar-refractivity contribution in [2.45, 2.75) is 52.4 Å². The molecule has 0 unspecified atom stereocenters. The van der Waals surface area contributed by atoms with E-state index in [0.717, 1.165) is 12.3 Å². The van der Waals surface area contributed by atoms with Crippen LogP contribution in [-0.4, -0.2) is 17.5 Å². The van der Waals surface area contributed by atoms with Gasteiger partial charge in [-0.15, -0.1) is 0 Å². The maximum Gasteiger partial charge on any atom is 1.00 e. The van der Waals surface area contributed by atoms with Gasteiger partial charge in [0.25, 0.3) is 0 Å². The smallest absolute Gasteiger partial charge is 0.343 e. The first kappa shape index (κ1) is 22.1. The van der Waals surface area contributed by atoms with Gasteiger partial charge in [-0.3, -0.25) is 9.11 Å². The average molecular weight is 262 g/mol. The molecule has 0 rings (SSSR count). The van der Waals surface area contributed by atoms with Gasteiger partial charge in [0.05, 0.1) is 0 Å². The van der Waals surface area contributed by atoms with Crippen LogP contribution in [0, 0.1) is 12.8 Å². The second-order valence-electron chi connectivity index (χ2n) is 3.90. The standard InChI is InChI=1S/C10H21.Na.H2O4S/c1-4-5-6-7-8-9-10(2)3;;1-5(2,3)4/h10H,1,4-9H2,2-3H3;;(H2,1,2,3,4)/q-1;+1;. The van der Waals surface area contributed by atoms with E-state index >= 15 is 0 Å². The van der Waals surface area contributed by atoms with Crippen LogP contribution in [0.3, 0.4) is 0 Å². The van der Waals surface area contributed by atoms with Gasteiger partial charge in [0, 0.05) is 0 Å². The fourth-order valence-electron chi connectivity index (χ4n) is 1.08. The van der Waals surface area contributed by atoms with Gasteiger partial charge in [0.2, 0.25) is 0 Å². The van der Waals surface area contributed by atoms with Crippen LogP contribution in [0.5, 0.6) is 0 Å². The third-order valence-electron chi connectivity index (χ3n) is 1.78. The SMILES string of the molecule is O=S(=O)(O)O.[CH2-]CCCCCCC(C)C.[Na+].